The number of aryl methyl sites for hydroxylation is 1. The van der Waals surface area contributed by atoms with E-state index in [1.54, 1.807) is 0 Å². The van der Waals surface area contributed by atoms with Gasteiger partial charge in [0, 0.05) is 13.1 Å². The highest BCUT2D eigenvalue weighted by Gasteiger charge is 2.62. The molecule has 0 radical (unpaired) electrons. The van der Waals surface area contributed by atoms with E-state index in [9.17, 15) is 14.0 Å². The van der Waals surface area contributed by atoms with Gasteiger partial charge in [-0.15, -0.1) is 0 Å². The number of rotatable bonds is 2. The molecule has 0 aliphatic carbocycles. The van der Waals surface area contributed by atoms with Gasteiger partial charge in [0.25, 0.3) is 5.91 Å². The second-order valence-electron chi connectivity index (χ2n) is 7.62. The van der Waals surface area contributed by atoms with E-state index in [2.05, 4.69) is 5.01 Å². The third-order valence-electron chi connectivity index (χ3n) is 5.99. The van der Waals surface area contributed by atoms with Crippen LogP contribution in [0.3, 0.4) is 0 Å². The molecule has 3 heterocycles. The zero-order chi connectivity index (χ0) is 19.6. The minimum absolute atomic E-state index is 0.0358. The zero-order valence-electron chi connectivity index (χ0n) is 15.3. The van der Waals surface area contributed by atoms with Crippen molar-refractivity contribution in [1.29, 1.82) is 0 Å². The number of carbonyl (C=O) groups excluding carboxylic acids is 2. The van der Waals surface area contributed by atoms with Crippen molar-refractivity contribution < 1.29 is 14.0 Å². The van der Waals surface area contributed by atoms with E-state index in [-0.39, 0.29) is 28.6 Å². The first-order valence-electron chi connectivity index (χ1n) is 9.40. The first-order valence-corrected chi connectivity index (χ1v) is 9.78. The van der Waals surface area contributed by atoms with Gasteiger partial charge in [-0.2, -0.15) is 0 Å². The van der Waals surface area contributed by atoms with Gasteiger partial charge in [-0.1, -0.05) is 41.4 Å². The molecule has 0 N–H and O–H groups in total. The molecule has 3 aliphatic rings. The lowest BCUT2D eigenvalue weighted by atomic mass is 9.89. The normalized spacial score (nSPS) is 27.5. The van der Waals surface area contributed by atoms with E-state index >= 15 is 0 Å². The topological polar surface area (TPSA) is 43.9 Å². The Labute approximate surface area is 167 Å². The molecule has 0 aromatic heterocycles. The SMILES string of the molecule is Cc1ccc([C@@H]2[C@@H]3C(=O)N(c4ccc(Cl)c(F)c4)C(=O)[C@@H]3N3CCCN23)cc1. The molecule has 2 aromatic carbocycles. The summed E-state index contributed by atoms with van der Waals surface area (Å²) in [4.78, 5) is 27.8. The highest BCUT2D eigenvalue weighted by molar-refractivity contribution is 6.31. The average molecular weight is 400 g/mol. The molecule has 0 unspecified atom stereocenters. The predicted octanol–water partition coefficient (Wildman–Crippen LogP) is 3.32. The Hall–Kier alpha value is -2.28. The molecule has 7 heteroatoms. The fourth-order valence-corrected chi connectivity index (χ4v) is 4.87. The lowest BCUT2D eigenvalue weighted by Gasteiger charge is -2.29. The van der Waals surface area contributed by atoms with Crippen LogP contribution in [0, 0.1) is 18.7 Å². The van der Waals surface area contributed by atoms with E-state index < -0.39 is 17.8 Å². The second-order valence-corrected chi connectivity index (χ2v) is 8.02. The molecular formula is C21H19ClFN3O2. The lowest BCUT2D eigenvalue weighted by molar-refractivity contribution is -0.126. The maximum Gasteiger partial charge on any atom is 0.253 e. The summed E-state index contributed by atoms with van der Waals surface area (Å²) in [5, 5.41) is 4.16. The standard InChI is InChI=1S/C21H19ClFN3O2/c1-12-3-5-13(6-4-12)18-17-19(25-10-2-9-24(18)25)21(28)26(20(17)27)14-7-8-15(22)16(23)11-14/h3-8,11,17-19H,2,9-10H2,1H3/t17-,18+,19+/m0/s1. The third-order valence-corrected chi connectivity index (χ3v) is 6.29. The van der Waals surface area contributed by atoms with Gasteiger partial charge in [0.2, 0.25) is 5.91 Å². The number of anilines is 1. The van der Waals surface area contributed by atoms with E-state index in [1.165, 1.54) is 12.1 Å². The van der Waals surface area contributed by atoms with Crippen molar-refractivity contribution >= 4 is 29.1 Å². The van der Waals surface area contributed by atoms with Gasteiger partial charge in [-0.05, 0) is 37.1 Å². The fourth-order valence-electron chi connectivity index (χ4n) is 4.76. The number of benzene rings is 2. The number of imide groups is 1. The maximum atomic E-state index is 14.0. The van der Waals surface area contributed by atoms with Crippen LogP contribution in [0.1, 0.15) is 23.6 Å². The number of carbonyl (C=O) groups is 2. The Kier molecular flexibility index (Phi) is 4.05. The minimum atomic E-state index is -0.644. The van der Waals surface area contributed by atoms with Crippen LogP contribution >= 0.6 is 11.6 Å². The van der Waals surface area contributed by atoms with Gasteiger partial charge in [-0.25, -0.2) is 19.3 Å². The van der Waals surface area contributed by atoms with E-state index in [0.717, 1.165) is 41.6 Å². The van der Waals surface area contributed by atoms with Gasteiger partial charge < -0.3 is 0 Å². The molecule has 2 aromatic rings. The molecule has 3 atom stereocenters. The van der Waals surface area contributed by atoms with Crippen molar-refractivity contribution in [2.45, 2.75) is 25.4 Å². The van der Waals surface area contributed by atoms with Crippen LogP contribution < -0.4 is 4.90 Å². The van der Waals surface area contributed by atoms with Crippen molar-refractivity contribution in [2.75, 3.05) is 18.0 Å². The van der Waals surface area contributed by atoms with Gasteiger partial charge in [0.05, 0.1) is 22.7 Å². The Bertz CT molecular complexity index is 980. The van der Waals surface area contributed by atoms with Crippen LogP contribution in [0.4, 0.5) is 10.1 Å². The number of fused-ring (bicyclic) bond motifs is 3. The van der Waals surface area contributed by atoms with Gasteiger partial charge in [-0.3, -0.25) is 9.59 Å². The highest BCUT2D eigenvalue weighted by Crippen LogP contribution is 2.49. The smallest absolute Gasteiger partial charge is 0.253 e. The molecule has 3 saturated heterocycles. The van der Waals surface area contributed by atoms with E-state index in [0.29, 0.717) is 0 Å². The number of hydrazine groups is 1. The average Bonchev–Trinajstić information content (AvgIpc) is 3.31. The van der Waals surface area contributed by atoms with Crippen LogP contribution in [0.2, 0.25) is 5.02 Å². The lowest BCUT2D eigenvalue weighted by Crippen LogP contribution is -2.44. The molecule has 0 spiro atoms. The molecule has 3 fully saturated rings. The fraction of sp³-hybridized carbons (Fsp3) is 0.333. The first kappa shape index (κ1) is 17.8. The zero-order valence-corrected chi connectivity index (χ0v) is 16.1. The van der Waals surface area contributed by atoms with Crippen molar-refractivity contribution in [3.05, 3.63) is 64.4 Å². The Morgan fingerprint density at radius 1 is 0.964 bits per heavy atom. The molecule has 0 bridgehead atoms. The van der Waals surface area contributed by atoms with Crippen LogP contribution in [-0.4, -0.2) is 41.0 Å². The molecule has 28 heavy (non-hydrogen) atoms. The Morgan fingerprint density at radius 2 is 1.64 bits per heavy atom. The van der Waals surface area contributed by atoms with Gasteiger partial charge >= 0.3 is 0 Å². The van der Waals surface area contributed by atoms with Crippen LogP contribution in [0.15, 0.2) is 42.5 Å². The Morgan fingerprint density at radius 3 is 2.32 bits per heavy atom. The summed E-state index contributed by atoms with van der Waals surface area (Å²) in [6, 6.07) is 11.4. The summed E-state index contributed by atoms with van der Waals surface area (Å²) in [6.07, 6.45) is 0.947. The maximum absolute atomic E-state index is 14.0. The molecule has 5 rings (SSSR count). The quantitative estimate of drug-likeness (QED) is 0.727. The van der Waals surface area contributed by atoms with Gasteiger partial charge in [0.15, 0.2) is 0 Å². The molecule has 3 aliphatic heterocycles. The van der Waals surface area contributed by atoms with Crippen LogP contribution in [0.25, 0.3) is 0 Å². The molecule has 0 saturated carbocycles. The molecule has 5 nitrogen and oxygen atoms in total. The number of hydrogen-bond donors (Lipinski definition) is 0. The van der Waals surface area contributed by atoms with Crippen LogP contribution in [-0.2, 0) is 9.59 Å². The number of nitrogens with zero attached hydrogens (tertiary/aromatic N) is 3. The number of halogens is 2. The van der Waals surface area contributed by atoms with E-state index in [1.807, 2.05) is 36.2 Å². The van der Waals surface area contributed by atoms with Crippen LogP contribution in [0.5, 0.6) is 0 Å². The summed E-state index contributed by atoms with van der Waals surface area (Å²) in [6.45, 7) is 3.58. The summed E-state index contributed by atoms with van der Waals surface area (Å²) in [5.41, 5.74) is 2.40. The summed E-state index contributed by atoms with van der Waals surface area (Å²) < 4.78 is 14.0. The highest BCUT2D eigenvalue weighted by atomic mass is 35.5. The van der Waals surface area contributed by atoms with Crippen molar-refractivity contribution in [3.8, 4) is 0 Å². The monoisotopic (exact) mass is 399 g/mol. The predicted molar refractivity (Wildman–Crippen MR) is 103 cm³/mol. The van der Waals surface area contributed by atoms with Crippen molar-refractivity contribution in [2.24, 2.45) is 5.92 Å². The molecule has 2 amide bonds. The summed E-state index contributed by atoms with van der Waals surface area (Å²) >= 11 is 5.77. The van der Waals surface area contributed by atoms with Crippen molar-refractivity contribution in [1.82, 2.24) is 10.0 Å². The number of hydrogen-bond acceptors (Lipinski definition) is 4. The first-order chi connectivity index (χ1) is 13.5. The summed E-state index contributed by atoms with van der Waals surface area (Å²) in [5.74, 6) is -1.72. The largest absolute Gasteiger partial charge is 0.274 e. The number of amides is 2. The van der Waals surface area contributed by atoms with E-state index in [4.69, 9.17) is 11.6 Å². The molecular weight excluding hydrogens is 381 g/mol. The summed E-state index contributed by atoms with van der Waals surface area (Å²) in [7, 11) is 0. The Balaban J connectivity index is 1.58. The third kappa shape index (κ3) is 2.45. The second kappa shape index (κ2) is 6.37. The van der Waals surface area contributed by atoms with Gasteiger partial charge in [0.1, 0.15) is 11.9 Å². The van der Waals surface area contributed by atoms with Crippen molar-refractivity contribution in [3.63, 3.8) is 0 Å². The molecule has 144 valence electrons. The minimum Gasteiger partial charge on any atom is -0.274 e.